The Bertz CT molecular complexity index is 675. The van der Waals surface area contributed by atoms with Crippen LogP contribution in [0.2, 0.25) is 0 Å². The van der Waals surface area contributed by atoms with Crippen molar-refractivity contribution in [2.45, 2.75) is 70.8 Å². The summed E-state index contributed by atoms with van der Waals surface area (Å²) in [6.45, 7) is 4.38. The van der Waals surface area contributed by atoms with Crippen LogP contribution in [0.1, 0.15) is 64.7 Å². The Kier molecular flexibility index (Phi) is 21.8. The number of hydrogen-bond donors (Lipinski definition) is 5. The van der Waals surface area contributed by atoms with E-state index in [1.807, 2.05) is 6.92 Å². The molecule has 0 spiro atoms. The topological polar surface area (TPSA) is 190 Å². The van der Waals surface area contributed by atoms with Crippen LogP contribution in [0.15, 0.2) is 0 Å². The third-order valence-electron chi connectivity index (χ3n) is 4.93. The number of carbonyl (C=O) groups is 5. The molecular weight excluding hydrogens is 490 g/mol. The molecule has 0 bridgehead atoms. The summed E-state index contributed by atoms with van der Waals surface area (Å²) in [7, 11) is 0. The predicted molar refractivity (Wildman–Crippen MR) is 133 cm³/mol. The summed E-state index contributed by atoms with van der Waals surface area (Å²) in [5.74, 6) is -3.09. The van der Waals surface area contributed by atoms with E-state index in [-0.39, 0.29) is 70.5 Å². The van der Waals surface area contributed by atoms with Crippen molar-refractivity contribution in [3.63, 3.8) is 0 Å². The number of hydrogen-bond acceptors (Lipinski definition) is 8. The summed E-state index contributed by atoms with van der Waals surface area (Å²) < 4.78 is 15.8. The van der Waals surface area contributed by atoms with Crippen molar-refractivity contribution >= 4 is 29.7 Å². The van der Waals surface area contributed by atoms with E-state index < -0.39 is 23.9 Å². The number of unbranched alkanes of at least 4 members (excludes halogenated alkanes) is 3. The molecule has 214 valence electrons. The van der Waals surface area contributed by atoms with E-state index in [1.165, 1.54) is 0 Å². The van der Waals surface area contributed by atoms with Crippen molar-refractivity contribution in [2.75, 3.05) is 52.7 Å². The Morgan fingerprint density at radius 2 is 1.27 bits per heavy atom. The molecular formula is C24H43N3O10. The SMILES string of the molecule is CCCOCCNC(=O)COCCOCCNC(=O)CC[C@H](NC(=O)CCCCCCC(=O)O)C(=O)O. The lowest BCUT2D eigenvalue weighted by Crippen LogP contribution is -2.41. The number of ether oxygens (including phenoxy) is 3. The van der Waals surface area contributed by atoms with Gasteiger partial charge in [-0.2, -0.15) is 0 Å². The lowest BCUT2D eigenvalue weighted by atomic mass is 10.1. The Labute approximate surface area is 218 Å². The summed E-state index contributed by atoms with van der Waals surface area (Å²) in [6, 6.07) is -1.17. The lowest BCUT2D eigenvalue weighted by Gasteiger charge is -2.14. The average Bonchev–Trinajstić information content (AvgIpc) is 2.84. The molecule has 1 atom stereocenters. The number of carbonyl (C=O) groups excluding carboxylic acids is 3. The van der Waals surface area contributed by atoms with Crippen LogP contribution in [0.4, 0.5) is 0 Å². The molecule has 0 aromatic rings. The first-order valence-electron chi connectivity index (χ1n) is 12.8. The molecule has 0 aromatic carbocycles. The van der Waals surface area contributed by atoms with Gasteiger partial charge in [0.1, 0.15) is 12.6 Å². The van der Waals surface area contributed by atoms with Gasteiger partial charge in [-0.15, -0.1) is 0 Å². The maximum absolute atomic E-state index is 12.0. The van der Waals surface area contributed by atoms with Gasteiger partial charge in [0.2, 0.25) is 17.7 Å². The fourth-order valence-corrected chi connectivity index (χ4v) is 3.01. The van der Waals surface area contributed by atoms with Gasteiger partial charge < -0.3 is 40.4 Å². The van der Waals surface area contributed by atoms with Gasteiger partial charge >= 0.3 is 11.9 Å². The number of carboxylic acids is 2. The first kappa shape index (κ1) is 34.2. The number of amides is 3. The van der Waals surface area contributed by atoms with Gasteiger partial charge in [0.15, 0.2) is 0 Å². The molecule has 0 aliphatic heterocycles. The van der Waals surface area contributed by atoms with Crippen molar-refractivity contribution in [1.82, 2.24) is 16.0 Å². The van der Waals surface area contributed by atoms with Gasteiger partial charge in [0.05, 0.1) is 26.4 Å². The Morgan fingerprint density at radius 3 is 1.89 bits per heavy atom. The molecule has 0 aliphatic rings. The van der Waals surface area contributed by atoms with Crippen LogP contribution in [0.25, 0.3) is 0 Å². The number of rotatable bonds is 25. The van der Waals surface area contributed by atoms with E-state index >= 15 is 0 Å². The zero-order valence-corrected chi connectivity index (χ0v) is 21.8. The van der Waals surface area contributed by atoms with E-state index in [1.54, 1.807) is 0 Å². The predicted octanol–water partition coefficient (Wildman–Crippen LogP) is 0.453. The summed E-state index contributed by atoms with van der Waals surface area (Å²) in [5, 5.41) is 25.6. The highest BCUT2D eigenvalue weighted by Gasteiger charge is 2.20. The van der Waals surface area contributed by atoms with Crippen LogP contribution in [0, 0.1) is 0 Å². The Hall–Kier alpha value is -2.77. The Balaban J connectivity index is 3.77. The molecule has 5 N–H and O–H groups in total. The normalized spacial score (nSPS) is 11.5. The average molecular weight is 534 g/mol. The largest absolute Gasteiger partial charge is 0.481 e. The van der Waals surface area contributed by atoms with E-state index in [0.29, 0.717) is 45.4 Å². The molecule has 0 saturated carbocycles. The highest BCUT2D eigenvalue weighted by atomic mass is 16.5. The molecule has 0 rings (SSSR count). The minimum atomic E-state index is -1.22. The van der Waals surface area contributed by atoms with Crippen molar-refractivity contribution in [3.05, 3.63) is 0 Å². The van der Waals surface area contributed by atoms with E-state index in [2.05, 4.69) is 16.0 Å². The zero-order chi connectivity index (χ0) is 27.7. The van der Waals surface area contributed by atoms with Gasteiger partial charge in [0.25, 0.3) is 0 Å². The Morgan fingerprint density at radius 1 is 0.676 bits per heavy atom. The highest BCUT2D eigenvalue weighted by Crippen LogP contribution is 2.06. The first-order valence-corrected chi connectivity index (χ1v) is 12.8. The van der Waals surface area contributed by atoms with Crippen molar-refractivity contribution in [2.24, 2.45) is 0 Å². The smallest absolute Gasteiger partial charge is 0.326 e. The first-order chi connectivity index (χ1) is 17.8. The van der Waals surface area contributed by atoms with E-state index in [4.69, 9.17) is 19.3 Å². The second-order valence-electron chi connectivity index (χ2n) is 8.28. The van der Waals surface area contributed by atoms with Crippen LogP contribution < -0.4 is 16.0 Å². The van der Waals surface area contributed by atoms with Crippen LogP contribution >= 0.6 is 0 Å². The monoisotopic (exact) mass is 533 g/mol. The van der Waals surface area contributed by atoms with Crippen molar-refractivity contribution in [3.8, 4) is 0 Å². The van der Waals surface area contributed by atoms with Crippen LogP contribution in [0.3, 0.4) is 0 Å². The number of aliphatic carboxylic acids is 2. The summed E-state index contributed by atoms with van der Waals surface area (Å²) in [4.78, 5) is 57.3. The molecule has 13 nitrogen and oxygen atoms in total. The van der Waals surface area contributed by atoms with Gasteiger partial charge in [-0.25, -0.2) is 4.79 Å². The third-order valence-corrected chi connectivity index (χ3v) is 4.93. The van der Waals surface area contributed by atoms with Crippen molar-refractivity contribution in [1.29, 1.82) is 0 Å². The molecule has 37 heavy (non-hydrogen) atoms. The van der Waals surface area contributed by atoms with Gasteiger partial charge in [-0.3, -0.25) is 19.2 Å². The molecule has 0 heterocycles. The van der Waals surface area contributed by atoms with Crippen LogP contribution in [-0.2, 0) is 38.2 Å². The fraction of sp³-hybridized carbons (Fsp3) is 0.792. The molecule has 13 heteroatoms. The molecule has 0 saturated heterocycles. The quantitative estimate of drug-likeness (QED) is 0.103. The molecule has 0 aliphatic carbocycles. The third kappa shape index (κ3) is 23.4. The van der Waals surface area contributed by atoms with Crippen LogP contribution in [0.5, 0.6) is 0 Å². The van der Waals surface area contributed by atoms with Crippen molar-refractivity contribution < 1.29 is 48.4 Å². The molecule has 0 fully saturated rings. The maximum Gasteiger partial charge on any atom is 0.326 e. The summed E-state index contributed by atoms with van der Waals surface area (Å²) >= 11 is 0. The molecule has 3 amide bonds. The molecule has 0 unspecified atom stereocenters. The van der Waals surface area contributed by atoms with E-state index in [9.17, 15) is 29.1 Å². The number of nitrogens with one attached hydrogen (secondary N) is 3. The minimum absolute atomic E-state index is 0.0486. The maximum atomic E-state index is 12.0. The second kappa shape index (κ2) is 23.6. The summed E-state index contributed by atoms with van der Waals surface area (Å²) in [6.07, 6.45) is 3.47. The standard InChI is InChI=1S/C24H43N3O10/c1-2-13-35-14-12-26-22(30)18-37-17-16-36-15-11-25-20(28)10-9-19(24(33)34)27-21(29)7-5-3-4-6-8-23(31)32/h19H,2-18H2,1H3,(H,25,28)(H,26,30)(H,27,29)(H,31,32)(H,33,34)/t19-/m0/s1. The minimum Gasteiger partial charge on any atom is -0.481 e. The zero-order valence-electron chi connectivity index (χ0n) is 21.8. The van der Waals surface area contributed by atoms with Crippen LogP contribution in [-0.4, -0.2) is 98.6 Å². The van der Waals surface area contributed by atoms with Gasteiger partial charge in [-0.05, 0) is 25.7 Å². The fourth-order valence-electron chi connectivity index (χ4n) is 3.01. The number of carboxylic acid groups (broad SMARTS) is 2. The van der Waals surface area contributed by atoms with Gasteiger partial charge in [0, 0.05) is 39.0 Å². The summed E-state index contributed by atoms with van der Waals surface area (Å²) in [5.41, 5.74) is 0. The van der Waals surface area contributed by atoms with Gasteiger partial charge in [-0.1, -0.05) is 19.8 Å². The highest BCUT2D eigenvalue weighted by molar-refractivity contribution is 5.84. The lowest BCUT2D eigenvalue weighted by molar-refractivity contribution is -0.142. The molecule has 0 radical (unpaired) electrons. The molecule has 0 aromatic heterocycles. The second-order valence-corrected chi connectivity index (χ2v) is 8.28. The van der Waals surface area contributed by atoms with E-state index in [0.717, 1.165) is 6.42 Å².